The van der Waals surface area contributed by atoms with Gasteiger partial charge in [0.05, 0.1) is 12.6 Å². The van der Waals surface area contributed by atoms with Crippen molar-refractivity contribution in [1.82, 2.24) is 24.8 Å². The molecular weight excluding hydrogens is 458 g/mol. The molecule has 2 heterocycles. The molecule has 1 aliphatic rings. The molecule has 3 N–H and O–H groups in total. The maximum absolute atomic E-state index is 5.98. The number of piperazine rings is 1. The number of anilines is 3. The molecule has 0 spiro atoms. The van der Waals surface area contributed by atoms with E-state index in [-0.39, 0.29) is 12.0 Å². The molecule has 1 aromatic heterocycles. The number of aromatic nitrogens is 3. The number of benzene rings is 3. The average molecular weight is 486 g/mol. The van der Waals surface area contributed by atoms with E-state index in [1.165, 1.54) is 11.1 Å². The van der Waals surface area contributed by atoms with Crippen LogP contribution >= 0.6 is 11.6 Å². The van der Waals surface area contributed by atoms with Gasteiger partial charge in [-0.3, -0.25) is 9.80 Å². The molecule has 35 heavy (non-hydrogen) atoms. The van der Waals surface area contributed by atoms with Crippen LogP contribution in [0.15, 0.2) is 84.9 Å². The molecule has 0 amide bonds. The highest BCUT2D eigenvalue weighted by Gasteiger charge is 2.26. The summed E-state index contributed by atoms with van der Waals surface area (Å²) in [7, 11) is 0. The molecule has 0 unspecified atom stereocenters. The lowest BCUT2D eigenvalue weighted by Gasteiger charge is -2.39. The number of hydrogen-bond donors (Lipinski definition) is 2. The summed E-state index contributed by atoms with van der Waals surface area (Å²) in [6.45, 7) is 4.36. The van der Waals surface area contributed by atoms with Crippen molar-refractivity contribution < 1.29 is 0 Å². The minimum absolute atomic E-state index is 0.207. The summed E-state index contributed by atoms with van der Waals surface area (Å²) in [6.07, 6.45) is 0. The molecule has 1 aliphatic heterocycles. The van der Waals surface area contributed by atoms with E-state index < -0.39 is 0 Å². The number of halogens is 1. The maximum atomic E-state index is 5.98. The van der Waals surface area contributed by atoms with E-state index in [4.69, 9.17) is 17.3 Å². The Morgan fingerprint density at radius 1 is 0.771 bits per heavy atom. The predicted octanol–water partition coefficient (Wildman–Crippen LogP) is 4.76. The van der Waals surface area contributed by atoms with Gasteiger partial charge in [0.1, 0.15) is 5.82 Å². The van der Waals surface area contributed by atoms with E-state index in [9.17, 15) is 0 Å². The molecule has 3 aromatic carbocycles. The van der Waals surface area contributed by atoms with Crippen LogP contribution in [0.4, 0.5) is 17.6 Å². The van der Waals surface area contributed by atoms with Crippen molar-refractivity contribution in [2.45, 2.75) is 12.6 Å². The van der Waals surface area contributed by atoms with Gasteiger partial charge in [-0.1, -0.05) is 72.3 Å². The molecule has 0 atom stereocenters. The smallest absolute Gasteiger partial charge is 0.232 e. The fraction of sp³-hybridized carbons (Fsp3) is 0.222. The standard InChI is InChI=1S/C27H28ClN7/c28-22-11-13-23(14-12-22)30-27-32-24(31-26(29)33-27)19-34-15-17-35(18-16-34)25(20-7-3-1-4-8-20)21-9-5-2-6-10-21/h1-14,25H,15-19H2,(H3,29,30,31,32,33). The molecular formula is C27H28ClN7. The first kappa shape index (κ1) is 23.2. The summed E-state index contributed by atoms with van der Waals surface area (Å²) in [5.41, 5.74) is 9.45. The highest BCUT2D eigenvalue weighted by molar-refractivity contribution is 6.30. The summed E-state index contributed by atoms with van der Waals surface area (Å²) in [5.74, 6) is 1.30. The van der Waals surface area contributed by atoms with E-state index >= 15 is 0 Å². The van der Waals surface area contributed by atoms with Crippen molar-refractivity contribution in [2.24, 2.45) is 0 Å². The zero-order chi connectivity index (χ0) is 24.0. The van der Waals surface area contributed by atoms with Gasteiger partial charge < -0.3 is 11.1 Å². The minimum atomic E-state index is 0.207. The number of rotatable bonds is 7. The highest BCUT2D eigenvalue weighted by Crippen LogP contribution is 2.29. The lowest BCUT2D eigenvalue weighted by Crippen LogP contribution is -2.47. The van der Waals surface area contributed by atoms with Crippen LogP contribution < -0.4 is 11.1 Å². The molecule has 8 heteroatoms. The molecule has 4 aromatic rings. The number of nitrogens with one attached hydrogen (secondary N) is 1. The second-order valence-corrected chi connectivity index (χ2v) is 9.04. The largest absolute Gasteiger partial charge is 0.368 e. The molecule has 0 radical (unpaired) electrons. The fourth-order valence-electron chi connectivity index (χ4n) is 4.49. The van der Waals surface area contributed by atoms with E-state index in [0.717, 1.165) is 31.9 Å². The third-order valence-corrected chi connectivity index (χ3v) is 6.42. The summed E-state index contributed by atoms with van der Waals surface area (Å²) in [4.78, 5) is 18.1. The second kappa shape index (κ2) is 10.8. The molecule has 178 valence electrons. The van der Waals surface area contributed by atoms with Crippen molar-refractivity contribution in [2.75, 3.05) is 37.2 Å². The first-order valence-electron chi connectivity index (χ1n) is 11.7. The Kier molecular flexibility index (Phi) is 7.18. The van der Waals surface area contributed by atoms with Crippen LogP contribution in [-0.4, -0.2) is 50.9 Å². The molecule has 0 aliphatic carbocycles. The van der Waals surface area contributed by atoms with Crippen LogP contribution in [-0.2, 0) is 6.54 Å². The van der Waals surface area contributed by atoms with Crippen LogP contribution in [0.25, 0.3) is 0 Å². The molecule has 1 fully saturated rings. The molecule has 1 saturated heterocycles. The lowest BCUT2D eigenvalue weighted by molar-refractivity contribution is 0.103. The van der Waals surface area contributed by atoms with E-state index in [2.05, 4.69) is 90.7 Å². The number of nitrogens with zero attached hydrogens (tertiary/aromatic N) is 5. The lowest BCUT2D eigenvalue weighted by atomic mass is 9.96. The van der Waals surface area contributed by atoms with Gasteiger partial charge in [0.2, 0.25) is 11.9 Å². The average Bonchev–Trinajstić information content (AvgIpc) is 2.88. The zero-order valence-corrected chi connectivity index (χ0v) is 20.1. The van der Waals surface area contributed by atoms with Crippen LogP contribution in [0.2, 0.25) is 5.02 Å². The SMILES string of the molecule is Nc1nc(CN2CCN(C(c3ccccc3)c3ccccc3)CC2)nc(Nc2ccc(Cl)cc2)n1. The number of hydrogen-bond acceptors (Lipinski definition) is 7. The Morgan fingerprint density at radius 2 is 1.37 bits per heavy atom. The third-order valence-electron chi connectivity index (χ3n) is 6.17. The minimum Gasteiger partial charge on any atom is -0.368 e. The van der Waals surface area contributed by atoms with Crippen molar-refractivity contribution in [3.63, 3.8) is 0 Å². The molecule has 7 nitrogen and oxygen atoms in total. The predicted molar refractivity (Wildman–Crippen MR) is 141 cm³/mol. The van der Waals surface area contributed by atoms with Gasteiger partial charge in [-0.25, -0.2) is 0 Å². The van der Waals surface area contributed by atoms with Crippen molar-refractivity contribution in [3.05, 3.63) is 107 Å². The monoisotopic (exact) mass is 485 g/mol. The summed E-state index contributed by atoms with van der Waals surface area (Å²) < 4.78 is 0. The van der Waals surface area contributed by atoms with Crippen LogP contribution in [0.5, 0.6) is 0 Å². The third kappa shape index (κ3) is 5.95. The van der Waals surface area contributed by atoms with Crippen molar-refractivity contribution in [3.8, 4) is 0 Å². The number of nitrogens with two attached hydrogens (primary N) is 1. The fourth-order valence-corrected chi connectivity index (χ4v) is 4.62. The van der Waals surface area contributed by atoms with Crippen LogP contribution in [0.3, 0.4) is 0 Å². The Labute approximate surface area is 210 Å². The first-order valence-corrected chi connectivity index (χ1v) is 12.1. The summed E-state index contributed by atoms with van der Waals surface area (Å²) >= 11 is 5.97. The van der Waals surface area contributed by atoms with Crippen LogP contribution in [0, 0.1) is 0 Å². The van der Waals surface area contributed by atoms with Gasteiger partial charge in [-0.15, -0.1) is 0 Å². The van der Waals surface area contributed by atoms with Gasteiger partial charge in [0.25, 0.3) is 0 Å². The highest BCUT2D eigenvalue weighted by atomic mass is 35.5. The Balaban J connectivity index is 1.26. The van der Waals surface area contributed by atoms with Gasteiger partial charge in [-0.2, -0.15) is 15.0 Å². The van der Waals surface area contributed by atoms with Gasteiger partial charge in [0, 0.05) is 36.9 Å². The van der Waals surface area contributed by atoms with E-state index in [0.29, 0.717) is 23.3 Å². The summed E-state index contributed by atoms with van der Waals surface area (Å²) in [5, 5.41) is 3.85. The van der Waals surface area contributed by atoms with Crippen molar-refractivity contribution in [1.29, 1.82) is 0 Å². The van der Waals surface area contributed by atoms with E-state index in [1.54, 1.807) is 0 Å². The topological polar surface area (TPSA) is 83.2 Å². The normalized spacial score (nSPS) is 14.8. The van der Waals surface area contributed by atoms with Gasteiger partial charge in [0.15, 0.2) is 0 Å². The quantitative estimate of drug-likeness (QED) is 0.390. The first-order chi connectivity index (χ1) is 17.1. The Hall–Kier alpha value is -3.52. The molecule has 0 saturated carbocycles. The van der Waals surface area contributed by atoms with Gasteiger partial charge >= 0.3 is 0 Å². The molecule has 5 rings (SSSR count). The van der Waals surface area contributed by atoms with Gasteiger partial charge in [-0.05, 0) is 35.4 Å². The summed E-state index contributed by atoms with van der Waals surface area (Å²) in [6, 6.07) is 29.1. The second-order valence-electron chi connectivity index (χ2n) is 8.60. The molecule has 0 bridgehead atoms. The maximum Gasteiger partial charge on any atom is 0.232 e. The van der Waals surface area contributed by atoms with Crippen molar-refractivity contribution >= 4 is 29.2 Å². The Morgan fingerprint density at radius 3 is 1.97 bits per heavy atom. The van der Waals surface area contributed by atoms with Crippen LogP contribution in [0.1, 0.15) is 23.0 Å². The van der Waals surface area contributed by atoms with E-state index in [1.807, 2.05) is 24.3 Å². The number of nitrogen functional groups attached to an aromatic ring is 1. The Bertz CT molecular complexity index is 1190. The zero-order valence-electron chi connectivity index (χ0n) is 19.4.